The Morgan fingerprint density at radius 1 is 1.37 bits per heavy atom. The summed E-state index contributed by atoms with van der Waals surface area (Å²) >= 11 is 1.73. The van der Waals surface area contributed by atoms with Crippen molar-refractivity contribution in [1.29, 1.82) is 0 Å². The summed E-state index contributed by atoms with van der Waals surface area (Å²) in [6, 6.07) is 6.02. The van der Waals surface area contributed by atoms with Crippen LogP contribution < -0.4 is 4.57 Å². The quantitative estimate of drug-likeness (QED) is 0.517. The van der Waals surface area contributed by atoms with Crippen molar-refractivity contribution < 1.29 is 37.3 Å². The maximum Gasteiger partial charge on any atom is 0.194 e. The van der Waals surface area contributed by atoms with Crippen LogP contribution >= 0.6 is 11.3 Å². The van der Waals surface area contributed by atoms with Gasteiger partial charge in [0.05, 0.1) is 24.3 Å². The first kappa shape index (κ1) is 14.6. The molecular formula is C14H12N3SY-. The number of rotatable bonds is 2. The van der Waals surface area contributed by atoms with Gasteiger partial charge in [-0.1, -0.05) is 11.9 Å². The largest absolute Gasteiger partial charge is 0.404 e. The molecule has 0 atom stereocenters. The third kappa shape index (κ3) is 2.71. The molecule has 19 heavy (non-hydrogen) atoms. The van der Waals surface area contributed by atoms with Crippen LogP contribution in [-0.2, 0) is 39.8 Å². The van der Waals surface area contributed by atoms with Crippen molar-refractivity contribution in [2.75, 3.05) is 0 Å². The summed E-state index contributed by atoms with van der Waals surface area (Å²) in [6.45, 7) is 2.12. The van der Waals surface area contributed by atoms with Crippen LogP contribution in [-0.4, -0.2) is 9.55 Å². The Hall–Kier alpha value is -0.836. The minimum Gasteiger partial charge on any atom is -0.404 e. The smallest absolute Gasteiger partial charge is 0.194 e. The van der Waals surface area contributed by atoms with E-state index in [-0.39, 0.29) is 32.7 Å². The van der Waals surface area contributed by atoms with E-state index in [0.29, 0.717) is 0 Å². The Morgan fingerprint density at radius 3 is 2.84 bits per heavy atom. The Morgan fingerprint density at radius 2 is 2.21 bits per heavy atom. The van der Waals surface area contributed by atoms with Crippen LogP contribution in [0.4, 0.5) is 0 Å². The van der Waals surface area contributed by atoms with Crippen molar-refractivity contribution in [1.82, 2.24) is 9.55 Å². The monoisotopic (exact) mass is 343 g/mol. The van der Waals surface area contributed by atoms with E-state index in [4.69, 9.17) is 0 Å². The number of aromatic nitrogens is 3. The van der Waals surface area contributed by atoms with Crippen molar-refractivity contribution >= 4 is 11.3 Å². The topological polar surface area (TPSA) is 21.7 Å². The third-order valence-corrected chi connectivity index (χ3v) is 3.84. The molecule has 0 N–H and O–H groups in total. The fourth-order valence-corrected chi connectivity index (χ4v) is 2.92. The maximum atomic E-state index is 4.04. The summed E-state index contributed by atoms with van der Waals surface area (Å²) in [5.74, 6) is 1.10. The van der Waals surface area contributed by atoms with Gasteiger partial charge < -0.3 is 9.55 Å². The van der Waals surface area contributed by atoms with Gasteiger partial charge in [0.1, 0.15) is 0 Å². The van der Waals surface area contributed by atoms with Gasteiger partial charge in [0.2, 0.25) is 0 Å². The molecule has 0 saturated carbocycles. The number of hydrogen-bond acceptors (Lipinski definition) is 2. The molecule has 0 amide bonds. The maximum absolute atomic E-state index is 4.04. The van der Waals surface area contributed by atoms with Gasteiger partial charge in [-0.05, 0) is 23.9 Å². The molecule has 0 spiro atoms. The van der Waals surface area contributed by atoms with E-state index in [9.17, 15) is 0 Å². The van der Waals surface area contributed by atoms with E-state index in [1.807, 2.05) is 29.9 Å². The molecule has 3 heterocycles. The standard InChI is InChI=1S/C14H12N3S.Y/c1-11-5-9-18-13(11)14-16(2)7-8-17(14)12-4-3-6-15-10-12;/h3-7,9H,1-2H3;/q-1;. The van der Waals surface area contributed by atoms with Crippen LogP contribution in [0, 0.1) is 19.3 Å². The Kier molecular flexibility index (Phi) is 4.66. The molecule has 93 valence electrons. The average Bonchev–Trinajstić information content (AvgIpc) is 2.96. The molecule has 0 aliphatic carbocycles. The van der Waals surface area contributed by atoms with Crippen molar-refractivity contribution in [3.63, 3.8) is 0 Å². The molecule has 1 radical (unpaired) electrons. The van der Waals surface area contributed by atoms with E-state index >= 15 is 0 Å². The van der Waals surface area contributed by atoms with Crippen LogP contribution in [0.1, 0.15) is 5.56 Å². The summed E-state index contributed by atoms with van der Waals surface area (Å²) in [5.41, 5.74) is 2.17. The van der Waals surface area contributed by atoms with Gasteiger partial charge >= 0.3 is 0 Å². The summed E-state index contributed by atoms with van der Waals surface area (Å²) in [5, 5.41) is 2.11. The average molecular weight is 343 g/mol. The molecule has 3 rings (SSSR count). The predicted molar refractivity (Wildman–Crippen MR) is 70.5 cm³/mol. The molecule has 0 fully saturated rings. The molecule has 0 aromatic carbocycles. The van der Waals surface area contributed by atoms with Gasteiger partial charge in [-0.15, -0.1) is 17.5 Å². The molecule has 3 aromatic rings. The van der Waals surface area contributed by atoms with Crippen molar-refractivity contribution in [3.8, 4) is 16.4 Å². The molecule has 0 aliphatic rings. The molecule has 3 aromatic heterocycles. The van der Waals surface area contributed by atoms with Crippen molar-refractivity contribution in [2.45, 2.75) is 6.92 Å². The SMILES string of the molecule is Cc1ccsc1-c1n(C)c[c-][n+]1-c1[c-]nccc1.[Y]. The molecule has 0 aliphatic heterocycles. The van der Waals surface area contributed by atoms with Crippen LogP contribution in [0.2, 0.25) is 0 Å². The van der Waals surface area contributed by atoms with Crippen molar-refractivity contribution in [3.05, 3.63) is 53.9 Å². The fourth-order valence-electron chi connectivity index (χ4n) is 1.91. The van der Waals surface area contributed by atoms with Gasteiger partial charge in [0.15, 0.2) is 5.82 Å². The third-order valence-electron chi connectivity index (χ3n) is 2.83. The zero-order valence-corrected chi connectivity index (χ0v) is 14.4. The number of thiophene rings is 1. The number of nitrogens with zero attached hydrogens (tertiary/aromatic N) is 3. The van der Waals surface area contributed by atoms with Crippen LogP contribution in [0.15, 0.2) is 36.0 Å². The van der Waals surface area contributed by atoms with Gasteiger partial charge in [0.25, 0.3) is 0 Å². The number of imidazole rings is 1. The molecular weight excluding hydrogens is 331 g/mol. The van der Waals surface area contributed by atoms with E-state index in [2.05, 4.69) is 40.3 Å². The summed E-state index contributed by atoms with van der Waals surface area (Å²) < 4.78 is 4.06. The summed E-state index contributed by atoms with van der Waals surface area (Å²) in [6.07, 6.45) is 9.86. The van der Waals surface area contributed by atoms with Gasteiger partial charge in [-0.2, -0.15) is 12.1 Å². The minimum atomic E-state index is 0. The first-order valence-corrected chi connectivity index (χ1v) is 6.52. The second-order valence-electron chi connectivity index (χ2n) is 4.10. The zero-order chi connectivity index (χ0) is 12.5. The second-order valence-corrected chi connectivity index (χ2v) is 5.01. The molecule has 3 nitrogen and oxygen atoms in total. The summed E-state index contributed by atoms with van der Waals surface area (Å²) in [7, 11) is 2.03. The number of pyridine rings is 1. The van der Waals surface area contributed by atoms with Gasteiger partial charge in [-0.3, -0.25) is 4.57 Å². The van der Waals surface area contributed by atoms with Gasteiger partial charge in [0, 0.05) is 32.7 Å². The number of aryl methyl sites for hydroxylation is 2. The van der Waals surface area contributed by atoms with E-state index in [1.165, 1.54) is 10.4 Å². The first-order valence-electron chi connectivity index (χ1n) is 5.64. The van der Waals surface area contributed by atoms with Crippen LogP contribution in [0.5, 0.6) is 0 Å². The van der Waals surface area contributed by atoms with E-state index in [1.54, 1.807) is 17.5 Å². The van der Waals surface area contributed by atoms with Crippen LogP contribution in [0.25, 0.3) is 16.4 Å². The Balaban J connectivity index is 0.00000133. The van der Waals surface area contributed by atoms with Gasteiger partial charge in [-0.25, -0.2) is 0 Å². The van der Waals surface area contributed by atoms with E-state index in [0.717, 1.165) is 11.5 Å². The van der Waals surface area contributed by atoms with E-state index < -0.39 is 0 Å². The Labute approximate surface area is 141 Å². The Bertz CT molecular complexity index is 673. The first-order chi connectivity index (χ1) is 8.77. The molecule has 0 bridgehead atoms. The predicted octanol–water partition coefficient (Wildman–Crippen LogP) is 2.33. The number of hydrogen-bond donors (Lipinski definition) is 0. The zero-order valence-electron chi connectivity index (χ0n) is 10.8. The second kappa shape index (κ2) is 6.08. The minimum absolute atomic E-state index is 0. The normalized spacial score (nSPS) is 10.2. The fraction of sp³-hybridized carbons (Fsp3) is 0.143. The summed E-state index contributed by atoms with van der Waals surface area (Å²) in [4.78, 5) is 5.29. The molecule has 5 heteroatoms. The molecule has 0 saturated heterocycles. The van der Waals surface area contributed by atoms with Crippen LogP contribution in [0.3, 0.4) is 0 Å². The molecule has 0 unspecified atom stereocenters. The van der Waals surface area contributed by atoms with Crippen molar-refractivity contribution in [2.24, 2.45) is 7.05 Å².